The standard InChI is InChI=1S/C17H22INO4/c1-17(2,3)23-16(22)19-9-8-13(14(10-19)15(20)21)11-4-6-12(18)7-5-11/h4-7,13-14H,8-10H2,1-3H3,(H,20,21)/t13-,14-/m0/s1. The lowest BCUT2D eigenvalue weighted by Crippen LogP contribution is -2.47. The second-order valence-electron chi connectivity index (χ2n) is 6.82. The molecule has 1 saturated heterocycles. The molecule has 1 heterocycles. The van der Waals surface area contributed by atoms with E-state index >= 15 is 0 Å². The van der Waals surface area contributed by atoms with Crippen LogP contribution in [0.1, 0.15) is 38.7 Å². The smallest absolute Gasteiger partial charge is 0.410 e. The fraction of sp³-hybridized carbons (Fsp3) is 0.529. The number of carboxylic acid groups (broad SMARTS) is 1. The van der Waals surface area contributed by atoms with Gasteiger partial charge in [0.25, 0.3) is 0 Å². The summed E-state index contributed by atoms with van der Waals surface area (Å²) in [7, 11) is 0. The van der Waals surface area contributed by atoms with Gasteiger partial charge in [0.2, 0.25) is 0 Å². The summed E-state index contributed by atoms with van der Waals surface area (Å²) < 4.78 is 6.47. The molecule has 0 saturated carbocycles. The highest BCUT2D eigenvalue weighted by molar-refractivity contribution is 14.1. The van der Waals surface area contributed by atoms with E-state index in [1.165, 1.54) is 4.90 Å². The topological polar surface area (TPSA) is 66.8 Å². The van der Waals surface area contributed by atoms with Crippen molar-refractivity contribution in [2.45, 2.75) is 38.7 Å². The molecule has 2 atom stereocenters. The Morgan fingerprint density at radius 3 is 2.39 bits per heavy atom. The summed E-state index contributed by atoms with van der Waals surface area (Å²) in [5, 5.41) is 9.58. The van der Waals surface area contributed by atoms with Gasteiger partial charge in [0, 0.05) is 22.6 Å². The van der Waals surface area contributed by atoms with Gasteiger partial charge in [0.1, 0.15) is 5.60 Å². The predicted octanol–water partition coefficient (Wildman–Crippen LogP) is 3.72. The van der Waals surface area contributed by atoms with Crippen molar-refractivity contribution in [2.75, 3.05) is 13.1 Å². The Morgan fingerprint density at radius 2 is 1.87 bits per heavy atom. The van der Waals surface area contributed by atoms with Crippen LogP contribution in [0.2, 0.25) is 0 Å². The van der Waals surface area contributed by atoms with Gasteiger partial charge < -0.3 is 14.7 Å². The van der Waals surface area contributed by atoms with Crippen LogP contribution in [0.15, 0.2) is 24.3 Å². The number of hydrogen-bond acceptors (Lipinski definition) is 3. The average molecular weight is 431 g/mol. The van der Waals surface area contributed by atoms with E-state index in [1.54, 1.807) is 20.8 Å². The van der Waals surface area contributed by atoms with Crippen molar-refractivity contribution in [2.24, 2.45) is 5.92 Å². The van der Waals surface area contributed by atoms with Gasteiger partial charge in [-0.1, -0.05) is 12.1 Å². The van der Waals surface area contributed by atoms with Crippen molar-refractivity contribution in [3.05, 3.63) is 33.4 Å². The molecule has 0 aromatic heterocycles. The minimum absolute atomic E-state index is 0.0804. The lowest BCUT2D eigenvalue weighted by molar-refractivity contribution is -0.144. The fourth-order valence-electron chi connectivity index (χ4n) is 2.80. The molecular formula is C17H22INO4. The molecule has 1 fully saturated rings. The first kappa shape index (κ1) is 18.0. The molecule has 1 N–H and O–H groups in total. The molecule has 0 spiro atoms. The van der Waals surface area contributed by atoms with E-state index in [9.17, 15) is 14.7 Å². The zero-order valence-corrected chi connectivity index (χ0v) is 15.7. The number of halogens is 1. The van der Waals surface area contributed by atoms with Gasteiger partial charge in [0.05, 0.1) is 5.92 Å². The third kappa shape index (κ3) is 4.83. The summed E-state index contributed by atoms with van der Waals surface area (Å²) in [6, 6.07) is 7.92. The molecule has 23 heavy (non-hydrogen) atoms. The minimum Gasteiger partial charge on any atom is -0.481 e. The van der Waals surface area contributed by atoms with Crippen LogP contribution in [-0.2, 0) is 9.53 Å². The van der Waals surface area contributed by atoms with E-state index in [4.69, 9.17) is 4.74 Å². The third-order valence-electron chi connectivity index (χ3n) is 3.88. The molecule has 2 rings (SSSR count). The number of amides is 1. The van der Waals surface area contributed by atoms with E-state index in [2.05, 4.69) is 22.6 Å². The molecule has 1 aliphatic rings. The molecule has 1 amide bonds. The lowest BCUT2D eigenvalue weighted by atomic mass is 9.80. The highest BCUT2D eigenvalue weighted by Crippen LogP contribution is 2.34. The Labute approximate surface area is 150 Å². The number of piperidine rings is 1. The van der Waals surface area contributed by atoms with Crippen LogP contribution in [0.3, 0.4) is 0 Å². The minimum atomic E-state index is -0.873. The van der Waals surface area contributed by atoms with Crippen LogP contribution in [-0.4, -0.2) is 40.8 Å². The highest BCUT2D eigenvalue weighted by atomic mass is 127. The summed E-state index contributed by atoms with van der Waals surface area (Å²) in [5.74, 6) is -1.57. The maximum Gasteiger partial charge on any atom is 0.410 e. The number of likely N-dealkylation sites (tertiary alicyclic amines) is 1. The second-order valence-corrected chi connectivity index (χ2v) is 8.06. The van der Waals surface area contributed by atoms with Crippen LogP contribution in [0, 0.1) is 9.49 Å². The van der Waals surface area contributed by atoms with Gasteiger partial charge >= 0.3 is 12.1 Å². The molecule has 1 aliphatic heterocycles. The monoisotopic (exact) mass is 431 g/mol. The van der Waals surface area contributed by atoms with Gasteiger partial charge in [0.15, 0.2) is 0 Å². The van der Waals surface area contributed by atoms with E-state index in [0.717, 1.165) is 9.13 Å². The highest BCUT2D eigenvalue weighted by Gasteiger charge is 2.38. The van der Waals surface area contributed by atoms with Crippen LogP contribution in [0.5, 0.6) is 0 Å². The van der Waals surface area contributed by atoms with Crippen molar-refractivity contribution in [1.29, 1.82) is 0 Å². The Balaban J connectivity index is 2.13. The number of carbonyl (C=O) groups excluding carboxylic acids is 1. The first-order valence-electron chi connectivity index (χ1n) is 7.63. The van der Waals surface area contributed by atoms with Gasteiger partial charge in [-0.05, 0) is 67.5 Å². The number of rotatable bonds is 2. The van der Waals surface area contributed by atoms with Gasteiger partial charge in [-0.25, -0.2) is 4.79 Å². The van der Waals surface area contributed by atoms with E-state index < -0.39 is 23.6 Å². The Kier molecular flexibility index (Phi) is 5.54. The Morgan fingerprint density at radius 1 is 1.26 bits per heavy atom. The van der Waals surface area contributed by atoms with E-state index in [0.29, 0.717) is 13.0 Å². The van der Waals surface area contributed by atoms with E-state index in [-0.39, 0.29) is 12.5 Å². The first-order chi connectivity index (χ1) is 10.7. The van der Waals surface area contributed by atoms with Crippen molar-refractivity contribution in [1.82, 2.24) is 4.90 Å². The zero-order chi connectivity index (χ0) is 17.2. The summed E-state index contributed by atoms with van der Waals surface area (Å²) >= 11 is 2.22. The number of nitrogens with zero attached hydrogens (tertiary/aromatic N) is 1. The predicted molar refractivity (Wildman–Crippen MR) is 95.4 cm³/mol. The molecule has 0 unspecified atom stereocenters. The van der Waals surface area contributed by atoms with Crippen LogP contribution in [0.25, 0.3) is 0 Å². The normalized spacial score (nSPS) is 21.8. The maximum atomic E-state index is 12.2. The first-order valence-corrected chi connectivity index (χ1v) is 8.71. The van der Waals surface area contributed by atoms with Crippen LogP contribution in [0.4, 0.5) is 4.79 Å². The summed E-state index contributed by atoms with van der Waals surface area (Å²) in [5.41, 5.74) is 0.435. The number of aliphatic carboxylic acids is 1. The largest absolute Gasteiger partial charge is 0.481 e. The van der Waals surface area contributed by atoms with Crippen molar-refractivity contribution in [3.63, 3.8) is 0 Å². The van der Waals surface area contributed by atoms with Crippen molar-refractivity contribution in [3.8, 4) is 0 Å². The molecule has 126 valence electrons. The summed E-state index contributed by atoms with van der Waals surface area (Å²) in [6.07, 6.45) is 0.182. The molecular weight excluding hydrogens is 409 g/mol. The number of benzene rings is 1. The van der Waals surface area contributed by atoms with Crippen molar-refractivity contribution < 1.29 is 19.4 Å². The van der Waals surface area contributed by atoms with Gasteiger partial charge in [-0.3, -0.25) is 4.79 Å². The number of carbonyl (C=O) groups is 2. The molecule has 1 aromatic rings. The quantitative estimate of drug-likeness (QED) is 0.726. The molecule has 0 bridgehead atoms. The number of ether oxygens (including phenoxy) is 1. The Hall–Kier alpha value is -1.31. The van der Waals surface area contributed by atoms with Gasteiger partial charge in [-0.15, -0.1) is 0 Å². The number of carboxylic acids is 1. The second kappa shape index (κ2) is 7.07. The summed E-state index contributed by atoms with van der Waals surface area (Å²) in [6.45, 7) is 6.10. The third-order valence-corrected chi connectivity index (χ3v) is 4.60. The molecule has 6 heteroatoms. The number of hydrogen-bond donors (Lipinski definition) is 1. The zero-order valence-electron chi connectivity index (χ0n) is 13.6. The van der Waals surface area contributed by atoms with Crippen molar-refractivity contribution >= 4 is 34.7 Å². The lowest BCUT2D eigenvalue weighted by Gasteiger charge is -2.37. The van der Waals surface area contributed by atoms with Gasteiger partial charge in [-0.2, -0.15) is 0 Å². The van der Waals surface area contributed by atoms with Crippen LogP contribution < -0.4 is 0 Å². The molecule has 5 nitrogen and oxygen atoms in total. The SMILES string of the molecule is CC(C)(C)OC(=O)N1CC[C@@H](c2ccc(I)cc2)[C@@H](C(=O)O)C1. The van der Waals surface area contributed by atoms with Crippen LogP contribution >= 0.6 is 22.6 Å². The molecule has 1 aromatic carbocycles. The Bertz CT molecular complexity index is 579. The van der Waals surface area contributed by atoms with E-state index in [1.807, 2.05) is 24.3 Å². The molecule has 0 aliphatic carbocycles. The maximum absolute atomic E-state index is 12.2. The molecule has 0 radical (unpaired) electrons. The summed E-state index contributed by atoms with van der Waals surface area (Å²) in [4.78, 5) is 25.4. The fourth-order valence-corrected chi connectivity index (χ4v) is 3.16. The average Bonchev–Trinajstić information content (AvgIpc) is 2.45.